The van der Waals surface area contributed by atoms with Gasteiger partial charge in [0.2, 0.25) is 5.91 Å². The minimum atomic E-state index is -0.457. The zero-order valence-corrected chi connectivity index (χ0v) is 8.64. The molecule has 0 aliphatic carbocycles. The molecular formula is C9H12N4O3. The molecule has 2 N–H and O–H groups in total. The molecule has 0 saturated heterocycles. The molecule has 1 rings (SSSR count). The second kappa shape index (κ2) is 5.82. The van der Waals surface area contributed by atoms with Gasteiger partial charge >= 0.3 is 0 Å². The van der Waals surface area contributed by atoms with Gasteiger partial charge in [-0.1, -0.05) is 0 Å². The molecule has 0 fully saturated rings. The number of carbonyl (C=O) groups excluding carboxylic acids is 2. The maximum absolute atomic E-state index is 11.4. The third-order valence-corrected chi connectivity index (χ3v) is 1.94. The number of nitriles is 1. The van der Waals surface area contributed by atoms with Crippen molar-refractivity contribution >= 4 is 17.5 Å². The minimum absolute atomic E-state index is 0.0529. The van der Waals surface area contributed by atoms with Crippen molar-refractivity contribution in [2.75, 3.05) is 19.7 Å². The van der Waals surface area contributed by atoms with E-state index in [4.69, 9.17) is 10.4 Å². The number of aliphatic hydroxyl groups excluding tert-OH is 1. The second-order valence-corrected chi connectivity index (χ2v) is 3.13. The van der Waals surface area contributed by atoms with Crippen molar-refractivity contribution < 1.29 is 14.7 Å². The van der Waals surface area contributed by atoms with Crippen molar-refractivity contribution in [1.82, 2.24) is 10.3 Å². The predicted octanol–water partition coefficient (Wildman–Crippen LogP) is -1.40. The van der Waals surface area contributed by atoms with Crippen LogP contribution in [0.2, 0.25) is 0 Å². The highest BCUT2D eigenvalue weighted by molar-refractivity contribution is 6.43. The minimum Gasteiger partial charge on any atom is -0.395 e. The molecule has 0 saturated carbocycles. The first kappa shape index (κ1) is 12.1. The van der Waals surface area contributed by atoms with Gasteiger partial charge < -0.3 is 10.4 Å². The Kier molecular flexibility index (Phi) is 4.42. The standard InChI is InChI=1S/C9H12N4O3/c10-2-1-4-13-8(15)6-7(12-13)9(16)11-3-5-14/h14H,1,3-6H2,(H,11,16). The first-order chi connectivity index (χ1) is 7.69. The van der Waals surface area contributed by atoms with Crippen LogP contribution < -0.4 is 5.32 Å². The van der Waals surface area contributed by atoms with Crippen molar-refractivity contribution in [3.05, 3.63) is 0 Å². The average molecular weight is 224 g/mol. The average Bonchev–Trinajstić information content (AvgIpc) is 2.65. The summed E-state index contributed by atoms with van der Waals surface area (Å²) in [4.78, 5) is 22.7. The highest BCUT2D eigenvalue weighted by Crippen LogP contribution is 2.08. The van der Waals surface area contributed by atoms with Crippen LogP contribution >= 0.6 is 0 Å². The summed E-state index contributed by atoms with van der Waals surface area (Å²) in [5.41, 5.74) is 0.122. The van der Waals surface area contributed by atoms with E-state index in [0.717, 1.165) is 5.01 Å². The summed E-state index contributed by atoms with van der Waals surface area (Å²) in [6.07, 6.45) is 0.128. The molecule has 86 valence electrons. The number of hydrogen-bond acceptors (Lipinski definition) is 5. The second-order valence-electron chi connectivity index (χ2n) is 3.13. The quantitative estimate of drug-likeness (QED) is 0.598. The molecule has 2 amide bonds. The fourth-order valence-electron chi connectivity index (χ4n) is 1.20. The van der Waals surface area contributed by atoms with E-state index in [-0.39, 0.29) is 44.2 Å². The summed E-state index contributed by atoms with van der Waals surface area (Å²) in [5.74, 6) is -0.744. The van der Waals surface area contributed by atoms with E-state index >= 15 is 0 Å². The summed E-state index contributed by atoms with van der Waals surface area (Å²) in [6.45, 7) is 0.168. The number of carbonyl (C=O) groups is 2. The third-order valence-electron chi connectivity index (χ3n) is 1.94. The number of aliphatic hydroxyl groups is 1. The van der Waals surface area contributed by atoms with E-state index in [1.807, 2.05) is 6.07 Å². The Hall–Kier alpha value is -1.94. The number of hydrazone groups is 1. The van der Waals surface area contributed by atoms with Crippen LogP contribution in [0.5, 0.6) is 0 Å². The molecule has 1 aliphatic heterocycles. The molecule has 16 heavy (non-hydrogen) atoms. The molecule has 0 atom stereocenters. The summed E-state index contributed by atoms with van der Waals surface area (Å²) in [6, 6.07) is 1.90. The summed E-state index contributed by atoms with van der Waals surface area (Å²) in [7, 11) is 0. The first-order valence-electron chi connectivity index (χ1n) is 4.83. The Bertz CT molecular complexity index is 358. The van der Waals surface area contributed by atoms with Gasteiger partial charge in [0.25, 0.3) is 5.91 Å². The monoisotopic (exact) mass is 224 g/mol. The Balaban J connectivity index is 2.53. The van der Waals surface area contributed by atoms with Crippen LogP contribution in [0.25, 0.3) is 0 Å². The summed E-state index contributed by atoms with van der Waals surface area (Å²) < 4.78 is 0. The van der Waals surface area contributed by atoms with Gasteiger partial charge in [-0.05, 0) is 0 Å². The predicted molar refractivity (Wildman–Crippen MR) is 54.1 cm³/mol. The number of nitrogens with one attached hydrogen (secondary N) is 1. The molecule has 0 bridgehead atoms. The van der Waals surface area contributed by atoms with E-state index in [1.165, 1.54) is 0 Å². The van der Waals surface area contributed by atoms with Gasteiger partial charge in [-0.2, -0.15) is 10.4 Å². The van der Waals surface area contributed by atoms with E-state index < -0.39 is 5.91 Å². The zero-order chi connectivity index (χ0) is 12.0. The lowest BCUT2D eigenvalue weighted by Crippen LogP contribution is -2.32. The number of rotatable bonds is 5. The van der Waals surface area contributed by atoms with E-state index in [9.17, 15) is 9.59 Å². The fraction of sp³-hybridized carbons (Fsp3) is 0.556. The number of amides is 2. The van der Waals surface area contributed by atoms with Gasteiger partial charge in [0.15, 0.2) is 0 Å². The largest absolute Gasteiger partial charge is 0.395 e. The molecule has 7 heteroatoms. The number of hydrogen-bond donors (Lipinski definition) is 2. The molecule has 7 nitrogen and oxygen atoms in total. The highest BCUT2D eigenvalue weighted by atomic mass is 16.3. The van der Waals surface area contributed by atoms with Gasteiger partial charge in [0.1, 0.15) is 5.71 Å². The van der Waals surface area contributed by atoms with Crippen LogP contribution in [0, 0.1) is 11.3 Å². The lowest BCUT2D eigenvalue weighted by atomic mass is 10.2. The van der Waals surface area contributed by atoms with E-state index in [2.05, 4.69) is 10.4 Å². The third kappa shape index (κ3) is 3.03. The normalized spacial score (nSPS) is 14.6. The van der Waals surface area contributed by atoms with Gasteiger partial charge in [0, 0.05) is 6.54 Å². The van der Waals surface area contributed by atoms with Crippen LogP contribution in [0.15, 0.2) is 5.10 Å². The molecule has 0 aromatic rings. The molecule has 0 unspecified atom stereocenters. The Labute approximate surface area is 92.3 Å². The Morgan fingerprint density at radius 3 is 3.06 bits per heavy atom. The van der Waals surface area contributed by atoms with Gasteiger partial charge in [-0.3, -0.25) is 9.59 Å². The smallest absolute Gasteiger partial charge is 0.268 e. The zero-order valence-electron chi connectivity index (χ0n) is 8.64. The maximum Gasteiger partial charge on any atom is 0.268 e. The first-order valence-corrected chi connectivity index (χ1v) is 4.83. The topological polar surface area (TPSA) is 106 Å². The molecule has 1 aliphatic rings. The van der Waals surface area contributed by atoms with Gasteiger partial charge in [0.05, 0.1) is 32.1 Å². The lowest BCUT2D eigenvalue weighted by Gasteiger charge is -2.07. The van der Waals surface area contributed by atoms with Crippen LogP contribution in [-0.2, 0) is 9.59 Å². The van der Waals surface area contributed by atoms with Crippen molar-refractivity contribution in [1.29, 1.82) is 5.26 Å². The van der Waals surface area contributed by atoms with Gasteiger partial charge in [-0.25, -0.2) is 5.01 Å². The van der Waals surface area contributed by atoms with Crippen LogP contribution in [-0.4, -0.2) is 47.3 Å². The van der Waals surface area contributed by atoms with Crippen molar-refractivity contribution in [3.63, 3.8) is 0 Å². The van der Waals surface area contributed by atoms with Crippen LogP contribution in [0.3, 0.4) is 0 Å². The highest BCUT2D eigenvalue weighted by Gasteiger charge is 2.27. The van der Waals surface area contributed by atoms with Crippen LogP contribution in [0.1, 0.15) is 12.8 Å². The lowest BCUT2D eigenvalue weighted by molar-refractivity contribution is -0.128. The van der Waals surface area contributed by atoms with Gasteiger partial charge in [-0.15, -0.1) is 0 Å². The summed E-state index contributed by atoms with van der Waals surface area (Å²) in [5, 5.41) is 24.2. The molecule has 1 heterocycles. The fourth-order valence-corrected chi connectivity index (χ4v) is 1.20. The van der Waals surface area contributed by atoms with Crippen LogP contribution in [0.4, 0.5) is 0 Å². The molecule has 0 spiro atoms. The Morgan fingerprint density at radius 1 is 1.69 bits per heavy atom. The molecule has 0 aromatic heterocycles. The van der Waals surface area contributed by atoms with Crippen molar-refractivity contribution in [2.45, 2.75) is 12.8 Å². The van der Waals surface area contributed by atoms with Crippen molar-refractivity contribution in [3.8, 4) is 6.07 Å². The maximum atomic E-state index is 11.4. The molecular weight excluding hydrogens is 212 g/mol. The molecule has 0 aromatic carbocycles. The SMILES string of the molecule is N#CCCN1N=C(C(=O)NCCO)CC1=O. The number of nitrogens with zero attached hydrogens (tertiary/aromatic N) is 3. The van der Waals surface area contributed by atoms with Crippen molar-refractivity contribution in [2.24, 2.45) is 5.10 Å². The Morgan fingerprint density at radius 2 is 2.44 bits per heavy atom. The molecule has 0 radical (unpaired) electrons. The van der Waals surface area contributed by atoms with E-state index in [1.54, 1.807) is 0 Å². The summed E-state index contributed by atoms with van der Waals surface area (Å²) >= 11 is 0. The van der Waals surface area contributed by atoms with E-state index in [0.29, 0.717) is 0 Å².